The average molecular weight is 266 g/mol. The summed E-state index contributed by atoms with van der Waals surface area (Å²) in [4.78, 5) is 26.4. The van der Waals surface area contributed by atoms with Gasteiger partial charge in [-0.3, -0.25) is 9.78 Å². The highest BCUT2D eigenvalue weighted by Crippen LogP contribution is 2.16. The van der Waals surface area contributed by atoms with Crippen molar-refractivity contribution in [2.45, 2.75) is 0 Å². The Kier molecular flexibility index (Phi) is 3.33. The Morgan fingerprint density at radius 2 is 2.17 bits per heavy atom. The van der Waals surface area contributed by atoms with E-state index in [1.807, 2.05) is 0 Å². The molecule has 2 rings (SSSR count). The molecule has 2 aromatic rings. The highest BCUT2D eigenvalue weighted by molar-refractivity contribution is 7.11. The molecular formula is C11H7FN2O3S. The van der Waals surface area contributed by atoms with Gasteiger partial charge in [-0.1, -0.05) is 0 Å². The second-order valence-corrected chi connectivity index (χ2v) is 4.21. The molecule has 0 bridgehead atoms. The second kappa shape index (κ2) is 4.92. The van der Waals surface area contributed by atoms with E-state index in [0.29, 0.717) is 4.88 Å². The molecule has 0 spiro atoms. The van der Waals surface area contributed by atoms with Crippen molar-refractivity contribution in [3.63, 3.8) is 0 Å². The van der Waals surface area contributed by atoms with Crippen LogP contribution in [0.25, 0.3) is 0 Å². The summed E-state index contributed by atoms with van der Waals surface area (Å²) in [7, 11) is 0. The summed E-state index contributed by atoms with van der Waals surface area (Å²) in [6, 6.07) is 3.38. The summed E-state index contributed by atoms with van der Waals surface area (Å²) in [5.74, 6) is -2.67. The van der Waals surface area contributed by atoms with Gasteiger partial charge in [0.1, 0.15) is 10.7 Å². The minimum absolute atomic E-state index is 0.191. The van der Waals surface area contributed by atoms with Crippen molar-refractivity contribution >= 4 is 28.9 Å². The number of aromatic carboxylic acids is 1. The molecule has 0 radical (unpaired) electrons. The molecule has 0 saturated carbocycles. The number of hydrogen-bond donors (Lipinski definition) is 2. The molecule has 18 heavy (non-hydrogen) atoms. The number of thiazole rings is 1. The van der Waals surface area contributed by atoms with E-state index in [1.54, 1.807) is 0 Å². The lowest BCUT2D eigenvalue weighted by atomic mass is 10.2. The highest BCUT2D eigenvalue weighted by atomic mass is 32.1. The number of amides is 1. The molecule has 2 N–H and O–H groups in total. The fourth-order valence-corrected chi connectivity index (χ4v) is 1.80. The molecule has 0 unspecified atom stereocenters. The number of carbonyl (C=O) groups excluding carboxylic acids is 1. The van der Waals surface area contributed by atoms with Crippen LogP contribution in [-0.4, -0.2) is 22.0 Å². The maximum atomic E-state index is 13.4. The summed E-state index contributed by atoms with van der Waals surface area (Å²) in [5, 5.41) is 11.1. The number of aromatic nitrogens is 1. The maximum Gasteiger partial charge on any atom is 0.338 e. The number of nitrogens with zero attached hydrogens (tertiary/aromatic N) is 1. The zero-order chi connectivity index (χ0) is 13.1. The Balaban J connectivity index is 2.18. The van der Waals surface area contributed by atoms with Gasteiger partial charge in [-0.25, -0.2) is 9.18 Å². The predicted octanol–water partition coefficient (Wildman–Crippen LogP) is 2.23. The van der Waals surface area contributed by atoms with Gasteiger partial charge in [-0.2, -0.15) is 0 Å². The second-order valence-electron chi connectivity index (χ2n) is 3.32. The smallest absolute Gasteiger partial charge is 0.338 e. The molecule has 1 aromatic heterocycles. The van der Waals surface area contributed by atoms with Crippen LogP contribution in [0, 0.1) is 5.82 Å². The molecule has 0 saturated heterocycles. The lowest BCUT2D eigenvalue weighted by Crippen LogP contribution is -2.11. The molecule has 92 valence electrons. The third-order valence-corrected chi connectivity index (χ3v) is 2.89. The molecule has 1 amide bonds. The number of benzene rings is 1. The molecule has 0 aliphatic carbocycles. The Labute approximate surface area is 105 Å². The van der Waals surface area contributed by atoms with E-state index in [0.717, 1.165) is 23.5 Å². The number of anilines is 1. The SMILES string of the molecule is O=C(Nc1ccc(C(=O)O)c(F)c1)c1cncs1. The van der Waals surface area contributed by atoms with Gasteiger partial charge >= 0.3 is 5.97 Å². The van der Waals surface area contributed by atoms with Crippen molar-refractivity contribution in [2.75, 3.05) is 5.32 Å². The molecule has 1 aromatic carbocycles. The standard InChI is InChI=1S/C11H7FN2O3S/c12-8-3-6(1-2-7(8)11(16)17)14-10(15)9-4-13-5-18-9/h1-5H,(H,14,15)(H,16,17). The lowest BCUT2D eigenvalue weighted by Gasteiger charge is -2.04. The van der Waals surface area contributed by atoms with Crippen molar-refractivity contribution in [1.82, 2.24) is 4.98 Å². The number of hydrogen-bond acceptors (Lipinski definition) is 4. The van der Waals surface area contributed by atoms with Crippen LogP contribution in [0.3, 0.4) is 0 Å². The maximum absolute atomic E-state index is 13.4. The Morgan fingerprint density at radius 1 is 1.39 bits per heavy atom. The average Bonchev–Trinajstić information content (AvgIpc) is 2.81. The minimum Gasteiger partial charge on any atom is -0.478 e. The van der Waals surface area contributed by atoms with Gasteiger partial charge < -0.3 is 10.4 Å². The molecule has 1 heterocycles. The molecule has 0 aliphatic rings. The summed E-state index contributed by atoms with van der Waals surface area (Å²) in [6.07, 6.45) is 1.39. The quantitative estimate of drug-likeness (QED) is 0.892. The number of rotatable bonds is 3. The summed E-state index contributed by atoms with van der Waals surface area (Å²) in [6.45, 7) is 0. The normalized spacial score (nSPS) is 10.1. The Hall–Kier alpha value is -2.28. The summed E-state index contributed by atoms with van der Waals surface area (Å²) in [5.41, 5.74) is 1.25. The first-order chi connectivity index (χ1) is 8.58. The largest absolute Gasteiger partial charge is 0.478 e. The molecule has 7 heteroatoms. The van der Waals surface area contributed by atoms with E-state index in [1.165, 1.54) is 17.8 Å². The number of halogens is 1. The molecule has 0 atom stereocenters. The van der Waals surface area contributed by atoms with E-state index in [-0.39, 0.29) is 5.69 Å². The topological polar surface area (TPSA) is 79.3 Å². The molecule has 0 fully saturated rings. The van der Waals surface area contributed by atoms with Gasteiger partial charge in [0.05, 0.1) is 17.3 Å². The highest BCUT2D eigenvalue weighted by Gasteiger charge is 2.12. The van der Waals surface area contributed by atoms with Gasteiger partial charge in [0.2, 0.25) is 0 Å². The van der Waals surface area contributed by atoms with Gasteiger partial charge in [-0.15, -0.1) is 11.3 Å². The van der Waals surface area contributed by atoms with Crippen molar-refractivity contribution in [1.29, 1.82) is 0 Å². The Morgan fingerprint density at radius 3 is 2.72 bits per heavy atom. The minimum atomic E-state index is -1.35. The fraction of sp³-hybridized carbons (Fsp3) is 0. The monoisotopic (exact) mass is 266 g/mol. The fourth-order valence-electron chi connectivity index (χ4n) is 1.29. The van der Waals surface area contributed by atoms with Crippen molar-refractivity contribution in [3.05, 3.63) is 46.2 Å². The predicted molar refractivity (Wildman–Crippen MR) is 63.4 cm³/mol. The molecule has 0 aliphatic heterocycles. The first-order valence-electron chi connectivity index (χ1n) is 4.80. The van der Waals surface area contributed by atoms with Crippen LogP contribution >= 0.6 is 11.3 Å². The first kappa shape index (κ1) is 12.2. The van der Waals surface area contributed by atoms with Crippen molar-refractivity contribution in [2.24, 2.45) is 0 Å². The number of nitrogens with one attached hydrogen (secondary N) is 1. The van der Waals surface area contributed by atoms with Crippen LogP contribution in [0.2, 0.25) is 0 Å². The summed E-state index contributed by atoms with van der Waals surface area (Å²) >= 11 is 1.15. The molecule has 5 nitrogen and oxygen atoms in total. The zero-order valence-electron chi connectivity index (χ0n) is 8.88. The van der Waals surface area contributed by atoms with E-state index in [4.69, 9.17) is 5.11 Å². The Bertz CT molecular complexity index is 598. The van der Waals surface area contributed by atoms with Gasteiger partial charge in [0.25, 0.3) is 5.91 Å². The van der Waals surface area contributed by atoms with E-state index in [2.05, 4.69) is 10.3 Å². The van der Waals surface area contributed by atoms with Gasteiger partial charge in [-0.05, 0) is 18.2 Å². The van der Waals surface area contributed by atoms with E-state index >= 15 is 0 Å². The third kappa shape index (κ3) is 2.51. The van der Waals surface area contributed by atoms with Crippen molar-refractivity contribution in [3.8, 4) is 0 Å². The van der Waals surface area contributed by atoms with E-state index in [9.17, 15) is 14.0 Å². The van der Waals surface area contributed by atoms with Crippen molar-refractivity contribution < 1.29 is 19.1 Å². The van der Waals surface area contributed by atoms with Crippen LogP contribution in [0.4, 0.5) is 10.1 Å². The van der Waals surface area contributed by atoms with Crippen LogP contribution in [-0.2, 0) is 0 Å². The van der Waals surface area contributed by atoms with Crippen LogP contribution in [0.5, 0.6) is 0 Å². The van der Waals surface area contributed by atoms with Gasteiger partial charge in [0.15, 0.2) is 0 Å². The lowest BCUT2D eigenvalue weighted by molar-refractivity contribution is 0.0692. The number of carbonyl (C=O) groups is 2. The van der Waals surface area contributed by atoms with E-state index < -0.39 is 23.3 Å². The van der Waals surface area contributed by atoms with Gasteiger partial charge in [0, 0.05) is 5.69 Å². The third-order valence-electron chi connectivity index (χ3n) is 2.11. The number of carboxylic acid groups (broad SMARTS) is 1. The number of carboxylic acids is 1. The van der Waals surface area contributed by atoms with Crippen LogP contribution in [0.15, 0.2) is 29.9 Å². The van der Waals surface area contributed by atoms with Crippen LogP contribution in [0.1, 0.15) is 20.0 Å². The zero-order valence-corrected chi connectivity index (χ0v) is 9.70. The first-order valence-corrected chi connectivity index (χ1v) is 5.68. The molecular weight excluding hydrogens is 259 g/mol. The van der Waals surface area contributed by atoms with Crippen LogP contribution < -0.4 is 5.32 Å². The summed E-state index contributed by atoms with van der Waals surface area (Å²) < 4.78 is 13.4.